The van der Waals surface area contributed by atoms with Crippen LogP contribution in [-0.4, -0.2) is 13.4 Å². The van der Waals surface area contributed by atoms with Crippen molar-refractivity contribution in [1.82, 2.24) is 4.98 Å². The molecule has 0 saturated carbocycles. The maximum Gasteiger partial charge on any atom is 0.249 e. The summed E-state index contributed by atoms with van der Waals surface area (Å²) in [6.45, 7) is 0.536. The highest BCUT2D eigenvalue weighted by Crippen LogP contribution is 2.22. The molecule has 8 heteroatoms. The SMILES string of the molecule is NS(=O)(=O)c1cnc(NCc2ccc(Cl)cc2)s1. The number of aromatic nitrogens is 1. The Morgan fingerprint density at radius 3 is 2.56 bits per heavy atom. The highest BCUT2D eigenvalue weighted by molar-refractivity contribution is 7.91. The van der Waals surface area contributed by atoms with Crippen LogP contribution in [0, 0.1) is 0 Å². The molecule has 0 aliphatic carbocycles. The smallest absolute Gasteiger partial charge is 0.249 e. The predicted molar refractivity (Wildman–Crippen MR) is 72.3 cm³/mol. The number of rotatable bonds is 4. The monoisotopic (exact) mass is 303 g/mol. The second-order valence-corrected chi connectivity index (χ2v) is 6.76. The molecule has 2 rings (SSSR count). The van der Waals surface area contributed by atoms with Gasteiger partial charge in [-0.05, 0) is 17.7 Å². The molecular weight excluding hydrogens is 294 g/mol. The van der Waals surface area contributed by atoms with E-state index in [1.807, 2.05) is 12.1 Å². The first-order chi connectivity index (χ1) is 8.45. The lowest BCUT2D eigenvalue weighted by molar-refractivity contribution is 0.599. The molecule has 0 bridgehead atoms. The van der Waals surface area contributed by atoms with Gasteiger partial charge in [-0.25, -0.2) is 18.5 Å². The number of nitrogens with zero attached hydrogens (tertiary/aromatic N) is 1. The van der Waals surface area contributed by atoms with E-state index < -0.39 is 10.0 Å². The van der Waals surface area contributed by atoms with Crippen molar-refractivity contribution in [3.05, 3.63) is 41.0 Å². The zero-order valence-corrected chi connectivity index (χ0v) is 11.5. The van der Waals surface area contributed by atoms with Gasteiger partial charge in [0, 0.05) is 11.6 Å². The van der Waals surface area contributed by atoms with E-state index in [0.29, 0.717) is 16.7 Å². The minimum Gasteiger partial charge on any atom is -0.357 e. The van der Waals surface area contributed by atoms with Crippen LogP contribution in [0.15, 0.2) is 34.7 Å². The highest BCUT2D eigenvalue weighted by atomic mass is 35.5. The van der Waals surface area contributed by atoms with Crippen molar-refractivity contribution in [2.75, 3.05) is 5.32 Å². The molecule has 96 valence electrons. The molecule has 0 aliphatic heterocycles. The predicted octanol–water partition coefficient (Wildman–Crippen LogP) is 2.06. The Kier molecular flexibility index (Phi) is 3.86. The fourth-order valence-electron chi connectivity index (χ4n) is 1.25. The van der Waals surface area contributed by atoms with E-state index in [9.17, 15) is 8.42 Å². The van der Waals surface area contributed by atoms with Gasteiger partial charge in [0.2, 0.25) is 10.0 Å². The quantitative estimate of drug-likeness (QED) is 0.905. The number of nitrogens with one attached hydrogen (secondary N) is 1. The number of anilines is 1. The van der Waals surface area contributed by atoms with Crippen molar-refractivity contribution < 1.29 is 8.42 Å². The van der Waals surface area contributed by atoms with E-state index in [0.717, 1.165) is 16.9 Å². The van der Waals surface area contributed by atoms with Crippen LogP contribution in [-0.2, 0) is 16.6 Å². The van der Waals surface area contributed by atoms with Gasteiger partial charge >= 0.3 is 0 Å². The average Bonchev–Trinajstić information content (AvgIpc) is 2.77. The van der Waals surface area contributed by atoms with Crippen molar-refractivity contribution in [3.63, 3.8) is 0 Å². The third kappa shape index (κ3) is 3.42. The number of sulfonamides is 1. The normalized spacial score (nSPS) is 11.4. The molecule has 0 spiro atoms. The molecule has 1 heterocycles. The van der Waals surface area contributed by atoms with Crippen molar-refractivity contribution in [2.45, 2.75) is 10.8 Å². The number of nitrogens with two attached hydrogens (primary N) is 1. The summed E-state index contributed by atoms with van der Waals surface area (Å²) in [4.78, 5) is 3.94. The summed E-state index contributed by atoms with van der Waals surface area (Å²) >= 11 is 6.77. The van der Waals surface area contributed by atoms with Crippen molar-refractivity contribution in [2.24, 2.45) is 5.14 Å². The van der Waals surface area contributed by atoms with Crippen LogP contribution in [0.5, 0.6) is 0 Å². The van der Waals surface area contributed by atoms with Gasteiger partial charge in [-0.1, -0.05) is 35.1 Å². The number of thiazole rings is 1. The van der Waals surface area contributed by atoms with E-state index in [4.69, 9.17) is 16.7 Å². The van der Waals surface area contributed by atoms with E-state index in [2.05, 4.69) is 10.3 Å². The largest absolute Gasteiger partial charge is 0.357 e. The summed E-state index contributed by atoms with van der Waals surface area (Å²) in [6, 6.07) is 7.33. The van der Waals surface area contributed by atoms with E-state index in [1.165, 1.54) is 6.20 Å². The second kappa shape index (κ2) is 5.23. The lowest BCUT2D eigenvalue weighted by Gasteiger charge is -2.02. The summed E-state index contributed by atoms with van der Waals surface area (Å²) in [5.74, 6) is 0. The third-order valence-electron chi connectivity index (χ3n) is 2.12. The zero-order chi connectivity index (χ0) is 13.2. The first-order valence-electron chi connectivity index (χ1n) is 4.92. The number of primary sulfonamides is 1. The Balaban J connectivity index is 2.03. The number of halogens is 1. The molecule has 0 aliphatic rings. The first kappa shape index (κ1) is 13.3. The maximum absolute atomic E-state index is 11.1. The minimum absolute atomic E-state index is 0.0427. The molecule has 0 amide bonds. The van der Waals surface area contributed by atoms with E-state index in [-0.39, 0.29) is 4.21 Å². The van der Waals surface area contributed by atoms with E-state index >= 15 is 0 Å². The van der Waals surface area contributed by atoms with Gasteiger partial charge in [0.1, 0.15) is 0 Å². The first-order valence-corrected chi connectivity index (χ1v) is 7.66. The highest BCUT2D eigenvalue weighted by Gasteiger charge is 2.12. The van der Waals surface area contributed by atoms with E-state index in [1.54, 1.807) is 12.1 Å². The van der Waals surface area contributed by atoms with Crippen LogP contribution in [0.1, 0.15) is 5.56 Å². The zero-order valence-electron chi connectivity index (χ0n) is 9.13. The minimum atomic E-state index is -3.67. The molecule has 2 aromatic rings. The van der Waals surface area contributed by atoms with Crippen LogP contribution in [0.2, 0.25) is 5.02 Å². The molecular formula is C10H10ClN3O2S2. The van der Waals surface area contributed by atoms with Gasteiger partial charge < -0.3 is 5.32 Å². The Hall–Kier alpha value is -1.15. The fourth-order valence-corrected chi connectivity index (χ4v) is 2.83. The average molecular weight is 304 g/mol. The molecule has 0 saturated heterocycles. The van der Waals surface area contributed by atoms with Crippen LogP contribution in [0.4, 0.5) is 5.13 Å². The number of benzene rings is 1. The van der Waals surface area contributed by atoms with Crippen LogP contribution >= 0.6 is 22.9 Å². The molecule has 0 unspecified atom stereocenters. The van der Waals surface area contributed by atoms with Gasteiger partial charge in [-0.2, -0.15) is 0 Å². The van der Waals surface area contributed by atoms with Crippen LogP contribution < -0.4 is 10.5 Å². The standard InChI is InChI=1S/C10H10ClN3O2S2/c11-8-3-1-7(2-4-8)5-13-10-14-6-9(17-10)18(12,15)16/h1-4,6H,5H2,(H,13,14)(H2,12,15,16). The van der Waals surface area contributed by atoms with Gasteiger partial charge in [-0.15, -0.1) is 0 Å². The fraction of sp³-hybridized carbons (Fsp3) is 0.100. The summed E-state index contributed by atoms with van der Waals surface area (Å²) in [5, 5.41) is 9.19. The summed E-state index contributed by atoms with van der Waals surface area (Å²) in [6.07, 6.45) is 1.24. The van der Waals surface area contributed by atoms with Gasteiger partial charge in [0.15, 0.2) is 9.34 Å². The molecule has 5 nitrogen and oxygen atoms in total. The van der Waals surface area contributed by atoms with Gasteiger partial charge in [-0.3, -0.25) is 0 Å². The molecule has 1 aromatic heterocycles. The number of hydrogen-bond acceptors (Lipinski definition) is 5. The molecule has 18 heavy (non-hydrogen) atoms. The maximum atomic E-state index is 11.1. The Morgan fingerprint density at radius 1 is 1.33 bits per heavy atom. The van der Waals surface area contributed by atoms with Crippen LogP contribution in [0.25, 0.3) is 0 Å². The lowest BCUT2D eigenvalue weighted by atomic mass is 10.2. The summed E-state index contributed by atoms with van der Waals surface area (Å²) in [5.41, 5.74) is 1.02. The van der Waals surface area contributed by atoms with Crippen molar-refractivity contribution in [1.29, 1.82) is 0 Å². The third-order valence-corrected chi connectivity index (χ3v) is 4.74. The summed E-state index contributed by atoms with van der Waals surface area (Å²) in [7, 11) is -3.67. The lowest BCUT2D eigenvalue weighted by Crippen LogP contribution is -2.09. The Bertz CT molecular complexity index is 637. The molecule has 0 radical (unpaired) electrons. The Labute approximate surface area is 114 Å². The Morgan fingerprint density at radius 2 is 2.00 bits per heavy atom. The van der Waals surface area contributed by atoms with Crippen LogP contribution in [0.3, 0.4) is 0 Å². The van der Waals surface area contributed by atoms with Gasteiger partial charge in [0.25, 0.3) is 0 Å². The van der Waals surface area contributed by atoms with Crippen molar-refractivity contribution >= 4 is 38.1 Å². The number of hydrogen-bond donors (Lipinski definition) is 2. The summed E-state index contributed by atoms with van der Waals surface area (Å²) < 4.78 is 22.2. The van der Waals surface area contributed by atoms with Gasteiger partial charge in [0.05, 0.1) is 6.20 Å². The molecule has 0 fully saturated rings. The molecule has 0 atom stereocenters. The van der Waals surface area contributed by atoms with Crippen molar-refractivity contribution in [3.8, 4) is 0 Å². The molecule has 3 N–H and O–H groups in total. The second-order valence-electron chi connectivity index (χ2n) is 3.51. The molecule has 1 aromatic carbocycles. The topological polar surface area (TPSA) is 85.1 Å².